The van der Waals surface area contributed by atoms with Crippen molar-refractivity contribution < 1.29 is 19.1 Å². The third kappa shape index (κ3) is 3.94. The third-order valence-corrected chi connectivity index (χ3v) is 5.39. The van der Waals surface area contributed by atoms with Crippen molar-refractivity contribution in [3.8, 4) is 11.5 Å². The van der Waals surface area contributed by atoms with Crippen LogP contribution in [0.3, 0.4) is 0 Å². The molecule has 0 radical (unpaired) electrons. The van der Waals surface area contributed by atoms with Crippen molar-refractivity contribution in [2.75, 3.05) is 11.9 Å². The van der Waals surface area contributed by atoms with E-state index < -0.39 is 17.5 Å². The SMILES string of the molecule is Cc1ccc(Oc2ccc(NC(=O)CN3C(=O)N[C@@](C)(C4CC4)C3=O)cc2)cc1. The average Bonchev–Trinajstić information content (AvgIpc) is 3.51. The van der Waals surface area contributed by atoms with Crippen LogP contribution in [0.25, 0.3) is 0 Å². The Morgan fingerprint density at radius 1 is 1.10 bits per heavy atom. The highest BCUT2D eigenvalue weighted by Crippen LogP contribution is 2.42. The van der Waals surface area contributed by atoms with E-state index in [4.69, 9.17) is 4.74 Å². The first kappa shape index (κ1) is 19.0. The van der Waals surface area contributed by atoms with Crippen LogP contribution in [-0.4, -0.2) is 34.8 Å². The van der Waals surface area contributed by atoms with Crippen LogP contribution in [0.5, 0.6) is 11.5 Å². The van der Waals surface area contributed by atoms with E-state index in [2.05, 4.69) is 10.6 Å². The summed E-state index contributed by atoms with van der Waals surface area (Å²) in [6, 6.07) is 14.1. The number of benzene rings is 2. The molecule has 1 saturated heterocycles. The van der Waals surface area contributed by atoms with Gasteiger partial charge in [0.05, 0.1) is 0 Å². The van der Waals surface area contributed by atoms with Crippen LogP contribution < -0.4 is 15.4 Å². The molecule has 2 N–H and O–H groups in total. The molecule has 0 unspecified atom stereocenters. The molecule has 1 atom stereocenters. The summed E-state index contributed by atoms with van der Waals surface area (Å²) in [6.07, 6.45) is 1.83. The number of urea groups is 1. The summed E-state index contributed by atoms with van der Waals surface area (Å²) in [7, 11) is 0. The van der Waals surface area contributed by atoms with Crippen LogP contribution in [-0.2, 0) is 9.59 Å². The molecule has 29 heavy (non-hydrogen) atoms. The number of hydrogen-bond acceptors (Lipinski definition) is 4. The summed E-state index contributed by atoms with van der Waals surface area (Å²) < 4.78 is 5.76. The van der Waals surface area contributed by atoms with E-state index in [1.807, 2.05) is 31.2 Å². The number of imide groups is 1. The molecule has 7 heteroatoms. The van der Waals surface area contributed by atoms with Crippen LogP contribution in [0.1, 0.15) is 25.3 Å². The molecule has 0 bridgehead atoms. The van der Waals surface area contributed by atoms with E-state index in [-0.39, 0.29) is 18.4 Å². The molecule has 1 saturated carbocycles. The van der Waals surface area contributed by atoms with Gasteiger partial charge in [-0.05, 0) is 69.0 Å². The minimum atomic E-state index is -0.883. The van der Waals surface area contributed by atoms with Gasteiger partial charge in [-0.25, -0.2) is 4.79 Å². The number of ether oxygens (including phenoxy) is 1. The summed E-state index contributed by atoms with van der Waals surface area (Å²) in [4.78, 5) is 38.1. The van der Waals surface area contributed by atoms with Gasteiger partial charge in [-0.3, -0.25) is 14.5 Å². The maximum atomic E-state index is 12.6. The maximum Gasteiger partial charge on any atom is 0.325 e. The standard InChI is InChI=1S/C22H23N3O4/c1-14-3-9-17(10-4-14)29-18-11-7-16(8-12-18)23-19(26)13-25-20(27)22(2,15-5-6-15)24-21(25)28/h3-4,7-12,15H,5-6,13H2,1-2H3,(H,23,26)(H,24,28)/t22-/m0/s1. The zero-order valence-corrected chi connectivity index (χ0v) is 16.4. The molecule has 2 aromatic rings. The summed E-state index contributed by atoms with van der Waals surface area (Å²) >= 11 is 0. The van der Waals surface area contributed by atoms with E-state index in [1.165, 1.54) is 0 Å². The quantitative estimate of drug-likeness (QED) is 0.736. The Balaban J connectivity index is 1.34. The molecule has 0 spiro atoms. The van der Waals surface area contributed by atoms with Gasteiger partial charge in [0.2, 0.25) is 5.91 Å². The molecule has 7 nitrogen and oxygen atoms in total. The molecule has 150 valence electrons. The molecule has 4 amide bonds. The first-order valence-corrected chi connectivity index (χ1v) is 9.64. The predicted molar refractivity (Wildman–Crippen MR) is 108 cm³/mol. The zero-order chi connectivity index (χ0) is 20.6. The number of rotatable bonds is 6. The summed E-state index contributed by atoms with van der Waals surface area (Å²) in [5.41, 5.74) is 0.827. The van der Waals surface area contributed by atoms with Gasteiger partial charge in [0.1, 0.15) is 23.6 Å². The topological polar surface area (TPSA) is 87.7 Å². The van der Waals surface area contributed by atoms with Crippen molar-refractivity contribution in [3.63, 3.8) is 0 Å². The third-order valence-electron chi connectivity index (χ3n) is 5.39. The zero-order valence-electron chi connectivity index (χ0n) is 16.4. The van der Waals surface area contributed by atoms with Crippen LogP contribution in [0.4, 0.5) is 10.5 Å². The van der Waals surface area contributed by atoms with Gasteiger partial charge in [0.15, 0.2) is 0 Å². The Morgan fingerprint density at radius 3 is 2.28 bits per heavy atom. The van der Waals surface area contributed by atoms with Crippen LogP contribution in [0, 0.1) is 12.8 Å². The molecule has 1 aliphatic carbocycles. The number of amides is 4. The molecule has 2 aromatic carbocycles. The van der Waals surface area contributed by atoms with Crippen LogP contribution in [0.2, 0.25) is 0 Å². The second-order valence-electron chi connectivity index (χ2n) is 7.79. The maximum absolute atomic E-state index is 12.6. The van der Waals surface area contributed by atoms with Crippen molar-refractivity contribution in [1.29, 1.82) is 0 Å². The fraction of sp³-hybridized carbons (Fsp3) is 0.318. The van der Waals surface area contributed by atoms with Crippen molar-refractivity contribution in [3.05, 3.63) is 54.1 Å². The highest BCUT2D eigenvalue weighted by molar-refractivity contribution is 6.10. The monoisotopic (exact) mass is 393 g/mol. The van der Waals surface area contributed by atoms with Gasteiger partial charge in [-0.15, -0.1) is 0 Å². The van der Waals surface area contributed by atoms with Crippen molar-refractivity contribution in [2.45, 2.75) is 32.2 Å². The Kier molecular flexibility index (Phi) is 4.74. The van der Waals surface area contributed by atoms with E-state index in [1.54, 1.807) is 31.2 Å². The average molecular weight is 393 g/mol. The second kappa shape index (κ2) is 7.24. The van der Waals surface area contributed by atoms with Gasteiger partial charge in [-0.1, -0.05) is 17.7 Å². The number of nitrogens with one attached hydrogen (secondary N) is 2. The molecule has 0 aromatic heterocycles. The molecular weight excluding hydrogens is 370 g/mol. The van der Waals surface area contributed by atoms with Gasteiger partial charge in [0.25, 0.3) is 5.91 Å². The number of anilines is 1. The van der Waals surface area contributed by atoms with Crippen molar-refractivity contribution >= 4 is 23.5 Å². The van der Waals surface area contributed by atoms with Crippen LogP contribution >= 0.6 is 0 Å². The van der Waals surface area contributed by atoms with Crippen LogP contribution in [0.15, 0.2) is 48.5 Å². The summed E-state index contributed by atoms with van der Waals surface area (Å²) in [5.74, 6) is 0.765. The van der Waals surface area contributed by atoms with E-state index in [0.29, 0.717) is 11.4 Å². The first-order chi connectivity index (χ1) is 13.8. The Hall–Kier alpha value is -3.35. The minimum absolute atomic E-state index is 0.160. The Labute approximate surface area is 169 Å². The van der Waals surface area contributed by atoms with Gasteiger partial charge >= 0.3 is 6.03 Å². The summed E-state index contributed by atoms with van der Waals surface area (Å²) in [6.45, 7) is 3.43. The number of nitrogens with zero attached hydrogens (tertiary/aromatic N) is 1. The van der Waals surface area contributed by atoms with Crippen molar-refractivity contribution in [2.24, 2.45) is 5.92 Å². The number of hydrogen-bond donors (Lipinski definition) is 2. The lowest BCUT2D eigenvalue weighted by atomic mass is 9.96. The lowest BCUT2D eigenvalue weighted by Crippen LogP contribution is -2.46. The predicted octanol–water partition coefficient (Wildman–Crippen LogP) is 3.45. The second-order valence-corrected chi connectivity index (χ2v) is 7.79. The smallest absolute Gasteiger partial charge is 0.325 e. The molecular formula is C22H23N3O4. The Bertz CT molecular complexity index is 951. The summed E-state index contributed by atoms with van der Waals surface area (Å²) in [5, 5.41) is 5.45. The van der Waals surface area contributed by atoms with Gasteiger partial charge < -0.3 is 15.4 Å². The molecule has 1 heterocycles. The highest BCUT2D eigenvalue weighted by atomic mass is 16.5. The fourth-order valence-electron chi connectivity index (χ4n) is 3.49. The lowest BCUT2D eigenvalue weighted by molar-refractivity contribution is -0.134. The van der Waals surface area contributed by atoms with Crippen molar-refractivity contribution in [1.82, 2.24) is 10.2 Å². The number of carbonyl (C=O) groups excluding carboxylic acids is 3. The van der Waals surface area contributed by atoms with E-state index >= 15 is 0 Å². The molecule has 1 aliphatic heterocycles. The number of aryl methyl sites for hydroxylation is 1. The largest absolute Gasteiger partial charge is 0.457 e. The fourth-order valence-corrected chi connectivity index (χ4v) is 3.49. The molecule has 4 rings (SSSR count). The highest BCUT2D eigenvalue weighted by Gasteiger charge is 2.56. The first-order valence-electron chi connectivity index (χ1n) is 9.64. The molecule has 2 fully saturated rings. The normalized spacial score (nSPS) is 21.1. The minimum Gasteiger partial charge on any atom is -0.457 e. The lowest BCUT2D eigenvalue weighted by Gasteiger charge is -2.20. The Morgan fingerprint density at radius 2 is 1.69 bits per heavy atom. The number of carbonyl (C=O) groups is 3. The van der Waals surface area contributed by atoms with Gasteiger partial charge in [-0.2, -0.15) is 0 Å². The van der Waals surface area contributed by atoms with E-state index in [0.717, 1.165) is 29.1 Å². The molecule has 2 aliphatic rings. The van der Waals surface area contributed by atoms with E-state index in [9.17, 15) is 14.4 Å². The van der Waals surface area contributed by atoms with Gasteiger partial charge in [0, 0.05) is 5.69 Å².